The van der Waals surface area contributed by atoms with Crippen LogP contribution < -0.4 is 0 Å². The maximum absolute atomic E-state index is 12.9. The molecule has 0 aliphatic heterocycles. The number of pyridine rings is 1. The Kier molecular flexibility index (Phi) is 3.31. The summed E-state index contributed by atoms with van der Waals surface area (Å²) in [6.45, 7) is 0. The molecule has 0 saturated carbocycles. The van der Waals surface area contributed by atoms with Crippen LogP contribution in [0.2, 0.25) is 5.02 Å². The summed E-state index contributed by atoms with van der Waals surface area (Å²) in [5, 5.41) is 7.85. The van der Waals surface area contributed by atoms with Gasteiger partial charge in [-0.1, -0.05) is 11.6 Å². The molecule has 6 heteroatoms. The molecule has 0 aromatic carbocycles. The minimum absolute atomic E-state index is 0.0363. The Balaban J connectivity index is 3.22. The van der Waals surface area contributed by atoms with Crippen LogP contribution >= 0.6 is 11.6 Å². The summed E-state index contributed by atoms with van der Waals surface area (Å²) < 4.78 is 37.3. The third-order valence-electron chi connectivity index (χ3n) is 1.46. The van der Waals surface area contributed by atoms with Gasteiger partial charge in [-0.05, 0) is 6.07 Å². The summed E-state index contributed by atoms with van der Waals surface area (Å²) in [5.41, 5.74) is -0.975. The zero-order valence-electron chi connectivity index (χ0n) is 6.77. The molecule has 1 heterocycles. The Labute approximate surface area is 82.9 Å². The molecule has 0 fully saturated rings. The number of nitriles is 1. The largest absolute Gasteiger partial charge is 0.283 e. The number of aromatic nitrogens is 1. The fourth-order valence-corrected chi connectivity index (χ4v) is 1.11. The number of halogens is 4. The number of hydrogen-bond acceptors (Lipinski definition) is 2. The van der Waals surface area contributed by atoms with Gasteiger partial charge in [0.15, 0.2) is 5.82 Å². The van der Waals surface area contributed by atoms with E-state index in [9.17, 15) is 13.2 Å². The Morgan fingerprint density at radius 2 is 2.21 bits per heavy atom. The first-order valence-electron chi connectivity index (χ1n) is 3.56. The molecule has 0 unspecified atom stereocenters. The molecule has 0 bridgehead atoms. The minimum atomic E-state index is -3.04. The molecule has 1 aromatic rings. The van der Waals surface area contributed by atoms with Crippen molar-refractivity contribution in [2.24, 2.45) is 0 Å². The van der Waals surface area contributed by atoms with Crippen LogP contribution in [0.15, 0.2) is 6.07 Å². The third-order valence-corrected chi connectivity index (χ3v) is 1.73. The quantitative estimate of drug-likeness (QED) is 0.768. The fraction of sp³-hybridized carbons (Fsp3) is 0.250. The van der Waals surface area contributed by atoms with Gasteiger partial charge in [0, 0.05) is 0 Å². The third kappa shape index (κ3) is 2.15. The first-order valence-corrected chi connectivity index (χ1v) is 3.94. The lowest BCUT2D eigenvalue weighted by molar-refractivity contribution is 0.140. The zero-order valence-corrected chi connectivity index (χ0v) is 7.52. The second-order valence-electron chi connectivity index (χ2n) is 2.43. The summed E-state index contributed by atoms with van der Waals surface area (Å²) in [5.74, 6) is -1.23. The van der Waals surface area contributed by atoms with Gasteiger partial charge in [0.2, 0.25) is 0 Å². The summed E-state index contributed by atoms with van der Waals surface area (Å²) >= 11 is 5.34. The van der Waals surface area contributed by atoms with Crippen LogP contribution in [0.25, 0.3) is 0 Å². The molecular formula is C8H4ClF3N2. The first-order chi connectivity index (χ1) is 6.56. The number of alkyl halides is 2. The van der Waals surface area contributed by atoms with E-state index in [2.05, 4.69) is 4.98 Å². The van der Waals surface area contributed by atoms with Gasteiger partial charge in [-0.2, -0.15) is 5.26 Å². The van der Waals surface area contributed by atoms with Gasteiger partial charge in [0.05, 0.1) is 23.2 Å². The van der Waals surface area contributed by atoms with E-state index >= 15 is 0 Å². The lowest BCUT2D eigenvalue weighted by Gasteiger charge is -2.04. The second kappa shape index (κ2) is 4.29. The summed E-state index contributed by atoms with van der Waals surface area (Å²) in [4.78, 5) is 3.29. The van der Waals surface area contributed by atoms with Gasteiger partial charge < -0.3 is 0 Å². The zero-order chi connectivity index (χ0) is 10.7. The highest BCUT2D eigenvalue weighted by Gasteiger charge is 2.19. The molecular weight excluding hydrogens is 217 g/mol. The van der Waals surface area contributed by atoms with Gasteiger partial charge in [0.25, 0.3) is 6.43 Å². The average molecular weight is 221 g/mol. The molecule has 74 valence electrons. The van der Waals surface area contributed by atoms with E-state index in [0.29, 0.717) is 0 Å². The number of nitrogens with zero attached hydrogens (tertiary/aromatic N) is 2. The number of rotatable bonds is 2. The highest BCUT2D eigenvalue weighted by molar-refractivity contribution is 6.30. The van der Waals surface area contributed by atoms with Gasteiger partial charge >= 0.3 is 0 Å². The van der Waals surface area contributed by atoms with Crippen molar-refractivity contribution in [2.45, 2.75) is 12.8 Å². The first kappa shape index (κ1) is 10.8. The van der Waals surface area contributed by atoms with Crippen molar-refractivity contribution in [3.05, 3.63) is 28.3 Å². The molecule has 0 saturated heterocycles. The number of hydrogen-bond donors (Lipinski definition) is 0. The van der Waals surface area contributed by atoms with E-state index in [1.807, 2.05) is 0 Å². The Morgan fingerprint density at radius 3 is 2.71 bits per heavy atom. The molecule has 0 amide bonds. The van der Waals surface area contributed by atoms with Crippen LogP contribution in [0.1, 0.15) is 17.8 Å². The Bertz CT molecular complexity index is 387. The van der Waals surface area contributed by atoms with Crippen LogP contribution in [0.3, 0.4) is 0 Å². The van der Waals surface area contributed by atoms with Crippen molar-refractivity contribution >= 4 is 11.6 Å². The van der Waals surface area contributed by atoms with Crippen molar-refractivity contribution in [2.75, 3.05) is 0 Å². The van der Waals surface area contributed by atoms with E-state index in [-0.39, 0.29) is 12.1 Å². The normalized spacial score (nSPS) is 10.3. The predicted octanol–water partition coefficient (Wildman–Crippen LogP) is 2.88. The molecule has 0 radical (unpaired) electrons. The molecule has 1 rings (SSSR count). The van der Waals surface area contributed by atoms with Crippen molar-refractivity contribution in [3.63, 3.8) is 0 Å². The molecule has 1 aromatic heterocycles. The van der Waals surface area contributed by atoms with Crippen LogP contribution in [-0.4, -0.2) is 4.98 Å². The van der Waals surface area contributed by atoms with E-state index in [4.69, 9.17) is 16.9 Å². The predicted molar refractivity (Wildman–Crippen MR) is 43.5 cm³/mol. The van der Waals surface area contributed by atoms with Gasteiger partial charge in [-0.3, -0.25) is 0 Å². The van der Waals surface area contributed by atoms with Crippen molar-refractivity contribution in [1.29, 1.82) is 5.26 Å². The van der Waals surface area contributed by atoms with Crippen LogP contribution in [-0.2, 0) is 6.42 Å². The van der Waals surface area contributed by atoms with Crippen LogP contribution in [0.5, 0.6) is 0 Å². The van der Waals surface area contributed by atoms with Crippen molar-refractivity contribution in [1.82, 2.24) is 4.98 Å². The second-order valence-corrected chi connectivity index (χ2v) is 2.84. The monoisotopic (exact) mass is 220 g/mol. The van der Waals surface area contributed by atoms with Gasteiger partial charge in [0.1, 0.15) is 5.69 Å². The van der Waals surface area contributed by atoms with Gasteiger partial charge in [-0.25, -0.2) is 18.2 Å². The van der Waals surface area contributed by atoms with Gasteiger partial charge in [-0.15, -0.1) is 0 Å². The SMILES string of the molecule is N#CCc1cc(Cl)c(F)c(C(F)F)n1. The molecule has 0 aliphatic carbocycles. The van der Waals surface area contributed by atoms with Crippen molar-refractivity contribution < 1.29 is 13.2 Å². The smallest absolute Gasteiger partial charge is 0.248 e. The minimum Gasteiger partial charge on any atom is -0.248 e. The molecule has 0 aliphatic rings. The van der Waals surface area contributed by atoms with Crippen LogP contribution in [0.4, 0.5) is 13.2 Å². The highest BCUT2D eigenvalue weighted by atomic mass is 35.5. The summed E-state index contributed by atoms with van der Waals surface area (Å²) in [6.07, 6.45) is -3.22. The Morgan fingerprint density at radius 1 is 1.57 bits per heavy atom. The fourth-order valence-electron chi connectivity index (χ4n) is 0.884. The lowest BCUT2D eigenvalue weighted by Crippen LogP contribution is -2.00. The van der Waals surface area contributed by atoms with Crippen LogP contribution in [0, 0.1) is 17.1 Å². The maximum atomic E-state index is 12.9. The molecule has 14 heavy (non-hydrogen) atoms. The summed E-state index contributed by atoms with van der Waals surface area (Å²) in [7, 11) is 0. The maximum Gasteiger partial charge on any atom is 0.283 e. The lowest BCUT2D eigenvalue weighted by atomic mass is 10.2. The van der Waals surface area contributed by atoms with Crippen molar-refractivity contribution in [3.8, 4) is 6.07 Å². The Hall–Kier alpha value is -1.28. The molecule has 0 spiro atoms. The van der Waals surface area contributed by atoms with E-state index in [1.165, 1.54) is 0 Å². The molecule has 0 N–H and O–H groups in total. The topological polar surface area (TPSA) is 36.7 Å². The standard InChI is InChI=1S/C8H4ClF3N2/c9-5-3-4(1-2-13)14-7(6(5)10)8(11)12/h3,8H,1H2. The van der Waals surface area contributed by atoms with E-state index in [1.54, 1.807) is 6.07 Å². The average Bonchev–Trinajstić information content (AvgIpc) is 2.11. The summed E-state index contributed by atoms with van der Waals surface area (Å²) in [6, 6.07) is 2.77. The highest BCUT2D eigenvalue weighted by Crippen LogP contribution is 2.25. The molecule has 2 nitrogen and oxygen atoms in total. The molecule has 0 atom stereocenters. The van der Waals surface area contributed by atoms with E-state index < -0.39 is 23.0 Å². The van der Waals surface area contributed by atoms with E-state index in [0.717, 1.165) is 6.07 Å².